The Morgan fingerprint density at radius 2 is 0.593 bits per heavy atom. The van der Waals surface area contributed by atoms with E-state index in [0.717, 1.165) is 11.1 Å². The summed E-state index contributed by atoms with van der Waals surface area (Å²) in [6.45, 7) is 0. The first kappa shape index (κ1) is 40.3. The first-order valence-electron chi connectivity index (χ1n) is 16.6. The molecule has 14 heteroatoms. The van der Waals surface area contributed by atoms with E-state index in [9.17, 15) is 39.6 Å². The summed E-state index contributed by atoms with van der Waals surface area (Å²) in [5, 5.41) is 39.7. The Labute approximate surface area is 311 Å². The number of hydrogen-bond donors (Lipinski definition) is 4. The summed E-state index contributed by atoms with van der Waals surface area (Å²) in [6.07, 6.45) is 1.69. The number of methoxy groups -OCH3 is 6. The highest BCUT2D eigenvalue weighted by molar-refractivity contribution is 6.03. The van der Waals surface area contributed by atoms with Crippen LogP contribution in [0.15, 0.2) is 48.5 Å². The lowest BCUT2D eigenvalue weighted by Crippen LogP contribution is -2.13. The van der Waals surface area contributed by atoms with Crippen molar-refractivity contribution in [2.45, 2.75) is 38.5 Å². The van der Waals surface area contributed by atoms with Gasteiger partial charge in [0.05, 0.1) is 64.9 Å². The number of carbonyl (C=O) groups is 4. The van der Waals surface area contributed by atoms with Crippen LogP contribution in [0.2, 0.25) is 0 Å². The Balaban J connectivity index is 1.77. The Kier molecular flexibility index (Phi) is 13.3. The number of aromatic carboxylic acids is 4. The van der Waals surface area contributed by atoms with E-state index in [4.69, 9.17) is 28.4 Å². The molecule has 0 fully saturated rings. The number of carboxylic acids is 4. The van der Waals surface area contributed by atoms with Crippen LogP contribution in [0.25, 0.3) is 0 Å². The van der Waals surface area contributed by atoms with Crippen molar-refractivity contribution in [2.75, 3.05) is 42.7 Å². The van der Waals surface area contributed by atoms with E-state index >= 15 is 0 Å². The number of carboxylic acid groups (broad SMARTS) is 4. The van der Waals surface area contributed by atoms with Gasteiger partial charge in [-0.25, -0.2) is 19.2 Å². The van der Waals surface area contributed by atoms with Crippen LogP contribution in [0.5, 0.6) is 34.5 Å². The molecule has 14 nitrogen and oxygen atoms in total. The fraction of sp³-hybridized carbons (Fsp3) is 0.300. The lowest BCUT2D eigenvalue weighted by molar-refractivity contribution is 0.0651. The summed E-state index contributed by atoms with van der Waals surface area (Å²) < 4.78 is 32.7. The SMILES string of the molecule is COc1cc(CCc2cc(C(=O)O)c(C(=O)O)cc2CCc2cc(C(=O)O)c(C(=O)O)cc2CCc2cc(OC)c(OC)c(OC)c2)cc(OC)c1OC. The fourth-order valence-corrected chi connectivity index (χ4v) is 6.40. The average Bonchev–Trinajstić information content (AvgIpc) is 3.16. The van der Waals surface area contributed by atoms with Crippen molar-refractivity contribution in [3.63, 3.8) is 0 Å². The Morgan fingerprint density at radius 1 is 0.370 bits per heavy atom. The van der Waals surface area contributed by atoms with Crippen LogP contribution in [0.4, 0.5) is 0 Å². The van der Waals surface area contributed by atoms with Crippen molar-refractivity contribution < 1.29 is 68.0 Å². The van der Waals surface area contributed by atoms with Gasteiger partial charge in [-0.3, -0.25) is 0 Å². The molecule has 0 bridgehead atoms. The first-order chi connectivity index (χ1) is 25.8. The monoisotopic (exact) mass is 746 g/mol. The lowest BCUT2D eigenvalue weighted by Gasteiger charge is -2.18. The highest BCUT2D eigenvalue weighted by Gasteiger charge is 2.23. The molecule has 0 aliphatic heterocycles. The second-order valence-electron chi connectivity index (χ2n) is 12.1. The van der Waals surface area contributed by atoms with E-state index in [1.54, 1.807) is 24.3 Å². The topological polar surface area (TPSA) is 205 Å². The third kappa shape index (κ3) is 8.95. The molecule has 0 unspecified atom stereocenters. The molecule has 54 heavy (non-hydrogen) atoms. The number of rotatable bonds is 19. The van der Waals surface area contributed by atoms with Crippen molar-refractivity contribution >= 4 is 23.9 Å². The molecule has 0 saturated heterocycles. The van der Waals surface area contributed by atoms with Gasteiger partial charge < -0.3 is 48.8 Å². The summed E-state index contributed by atoms with van der Waals surface area (Å²) in [5.41, 5.74) is 2.18. The molecular formula is C40H42O14. The molecule has 0 spiro atoms. The van der Waals surface area contributed by atoms with E-state index in [1.807, 2.05) is 0 Å². The van der Waals surface area contributed by atoms with Gasteiger partial charge in [-0.1, -0.05) is 0 Å². The average molecular weight is 747 g/mol. The van der Waals surface area contributed by atoms with Gasteiger partial charge in [-0.2, -0.15) is 0 Å². The summed E-state index contributed by atoms with van der Waals surface area (Å²) >= 11 is 0. The van der Waals surface area contributed by atoms with Crippen LogP contribution in [0, 0.1) is 0 Å². The van der Waals surface area contributed by atoms with Crippen LogP contribution in [0.1, 0.15) is 74.8 Å². The first-order valence-corrected chi connectivity index (χ1v) is 16.6. The Hall–Kier alpha value is -6.44. The highest BCUT2D eigenvalue weighted by Crippen LogP contribution is 2.40. The number of aryl methyl sites for hydroxylation is 6. The standard InChI is InChI=1S/C40H42O14/c1-49-31-13-21(14-32(50-2)35(31)53-5)7-9-23-17-27(37(41)42)29(39(45)46)19-25(23)11-12-26-20-30(40(47)48)28(38(43)44)18-24(26)10-8-22-15-33(51-3)36(54-6)34(16-22)52-4/h13-20H,7-12H2,1-6H3,(H,41,42)(H,43,44)(H,45,46)(H,47,48). The molecule has 0 aromatic heterocycles. The Bertz CT molecular complexity index is 1870. The van der Waals surface area contributed by atoms with Crippen molar-refractivity contribution in [3.05, 3.63) is 104 Å². The predicted molar refractivity (Wildman–Crippen MR) is 195 cm³/mol. The third-order valence-electron chi connectivity index (χ3n) is 9.08. The maximum Gasteiger partial charge on any atom is 0.336 e. The van der Waals surface area contributed by atoms with Crippen LogP contribution in [0.3, 0.4) is 0 Å². The molecule has 4 N–H and O–H groups in total. The second-order valence-corrected chi connectivity index (χ2v) is 12.1. The van der Waals surface area contributed by atoms with Crippen LogP contribution in [-0.4, -0.2) is 87.0 Å². The summed E-state index contributed by atoms with van der Waals surface area (Å²) in [4.78, 5) is 48.8. The molecule has 4 aromatic rings. The molecule has 4 rings (SSSR count). The lowest BCUT2D eigenvalue weighted by atomic mass is 9.88. The molecule has 0 atom stereocenters. The normalized spacial score (nSPS) is 10.7. The molecule has 0 saturated carbocycles. The van der Waals surface area contributed by atoms with Crippen molar-refractivity contribution in [1.29, 1.82) is 0 Å². The number of hydrogen-bond acceptors (Lipinski definition) is 10. The van der Waals surface area contributed by atoms with E-state index in [2.05, 4.69) is 0 Å². The minimum Gasteiger partial charge on any atom is -0.493 e. The molecule has 0 aliphatic rings. The largest absolute Gasteiger partial charge is 0.493 e. The van der Waals surface area contributed by atoms with E-state index in [1.165, 1.54) is 66.9 Å². The van der Waals surface area contributed by atoms with Crippen LogP contribution < -0.4 is 28.4 Å². The minimum absolute atomic E-state index is 0.174. The van der Waals surface area contributed by atoms with Gasteiger partial charge >= 0.3 is 23.9 Å². The van der Waals surface area contributed by atoms with Crippen molar-refractivity contribution in [3.8, 4) is 34.5 Å². The second kappa shape index (κ2) is 17.9. The zero-order valence-electron chi connectivity index (χ0n) is 30.7. The smallest absolute Gasteiger partial charge is 0.336 e. The van der Waals surface area contributed by atoms with Gasteiger partial charge in [0.2, 0.25) is 11.5 Å². The fourth-order valence-electron chi connectivity index (χ4n) is 6.40. The zero-order valence-corrected chi connectivity index (χ0v) is 30.7. The predicted octanol–water partition coefficient (Wildman–Crippen LogP) is 5.89. The highest BCUT2D eigenvalue weighted by atomic mass is 16.5. The minimum atomic E-state index is -1.42. The van der Waals surface area contributed by atoms with Gasteiger partial charge in [0.25, 0.3) is 0 Å². The van der Waals surface area contributed by atoms with Crippen molar-refractivity contribution in [2.24, 2.45) is 0 Å². The Morgan fingerprint density at radius 3 is 0.778 bits per heavy atom. The van der Waals surface area contributed by atoms with Gasteiger partial charge in [0.1, 0.15) is 0 Å². The van der Waals surface area contributed by atoms with Gasteiger partial charge in [0.15, 0.2) is 23.0 Å². The van der Waals surface area contributed by atoms with E-state index in [0.29, 0.717) is 82.4 Å². The van der Waals surface area contributed by atoms with E-state index < -0.39 is 35.0 Å². The summed E-state index contributed by atoms with van der Waals surface area (Å²) in [5.74, 6) is -3.14. The molecule has 0 amide bonds. The van der Waals surface area contributed by atoms with E-state index in [-0.39, 0.29) is 24.0 Å². The van der Waals surface area contributed by atoms with Crippen molar-refractivity contribution in [1.82, 2.24) is 0 Å². The maximum atomic E-state index is 12.2. The summed E-state index contributed by atoms with van der Waals surface area (Å²) in [7, 11) is 8.91. The molecule has 0 aliphatic carbocycles. The quantitative estimate of drug-likeness (QED) is 0.0884. The van der Waals surface area contributed by atoms with Gasteiger partial charge in [-0.05, 0) is 120 Å². The molecule has 0 radical (unpaired) electrons. The molecule has 286 valence electrons. The van der Waals surface area contributed by atoms with Crippen LogP contribution in [-0.2, 0) is 38.5 Å². The molecule has 4 aromatic carbocycles. The zero-order chi connectivity index (χ0) is 39.7. The molecule has 0 heterocycles. The van der Waals surface area contributed by atoms with Gasteiger partial charge in [0, 0.05) is 0 Å². The number of benzene rings is 4. The van der Waals surface area contributed by atoms with Crippen LogP contribution >= 0.6 is 0 Å². The molecular weight excluding hydrogens is 704 g/mol. The maximum absolute atomic E-state index is 12.2. The third-order valence-corrected chi connectivity index (χ3v) is 9.08. The summed E-state index contributed by atoms with van der Waals surface area (Å²) in [6, 6.07) is 12.4. The number of ether oxygens (including phenoxy) is 6. The van der Waals surface area contributed by atoms with Gasteiger partial charge in [-0.15, -0.1) is 0 Å².